The molecule has 0 heterocycles. The average Bonchev–Trinajstić information content (AvgIpc) is 2.41. The van der Waals surface area contributed by atoms with Crippen LogP contribution in [-0.4, -0.2) is 17.3 Å². The lowest BCUT2D eigenvalue weighted by Crippen LogP contribution is -2.41. The molecule has 6 nitrogen and oxygen atoms in total. The van der Waals surface area contributed by atoms with E-state index in [-0.39, 0.29) is 24.0 Å². The summed E-state index contributed by atoms with van der Waals surface area (Å²) < 4.78 is 5.65. The van der Waals surface area contributed by atoms with E-state index in [4.69, 9.17) is 4.74 Å². The largest absolute Gasteiger partial charge is 0.348 e. The molecule has 2 rings (SSSR count). The van der Waals surface area contributed by atoms with Crippen molar-refractivity contribution in [3.05, 3.63) is 39.9 Å². The van der Waals surface area contributed by atoms with Gasteiger partial charge in [0.25, 0.3) is 5.69 Å². The van der Waals surface area contributed by atoms with E-state index in [0.717, 1.165) is 19.3 Å². The van der Waals surface area contributed by atoms with Crippen molar-refractivity contribution in [2.45, 2.75) is 31.8 Å². The maximum atomic E-state index is 11.2. The van der Waals surface area contributed by atoms with E-state index >= 15 is 0 Å². The second-order valence-corrected chi connectivity index (χ2v) is 5.27. The normalized spacial score (nSPS) is 17.3. The van der Waals surface area contributed by atoms with Crippen molar-refractivity contribution >= 4 is 11.5 Å². The zero-order valence-electron chi connectivity index (χ0n) is 11.7. The van der Waals surface area contributed by atoms with Gasteiger partial charge >= 0.3 is 0 Å². The van der Waals surface area contributed by atoms with Crippen LogP contribution in [0.3, 0.4) is 0 Å². The van der Waals surface area contributed by atoms with Gasteiger partial charge in [0.05, 0.1) is 4.92 Å². The van der Waals surface area contributed by atoms with E-state index in [1.807, 2.05) is 0 Å². The van der Waals surface area contributed by atoms with Crippen molar-refractivity contribution in [1.29, 1.82) is 5.26 Å². The van der Waals surface area contributed by atoms with Crippen molar-refractivity contribution in [2.75, 3.05) is 6.61 Å². The summed E-state index contributed by atoms with van der Waals surface area (Å²) in [5.41, 5.74) is -0.661. The molecule has 21 heavy (non-hydrogen) atoms. The van der Waals surface area contributed by atoms with Gasteiger partial charge in [-0.05, 0) is 37.5 Å². The number of benzene rings is 1. The number of nitro benzene ring substituents is 1. The first kappa shape index (κ1) is 15.1. The molecule has 6 heteroatoms. The standard InChI is InChI=1S/C15H16N2O4/c1-11(18)9-21-15(10-16,12-3-2-4-12)13-5-7-14(8-6-13)17(19)20/h5-8,12H,2-4,9H2,1H3. The minimum Gasteiger partial charge on any atom is -0.348 e. The highest BCUT2D eigenvalue weighted by Gasteiger charge is 2.45. The van der Waals surface area contributed by atoms with Crippen molar-refractivity contribution < 1.29 is 14.5 Å². The number of rotatable bonds is 6. The van der Waals surface area contributed by atoms with Gasteiger partial charge in [0.1, 0.15) is 12.7 Å². The Morgan fingerprint density at radius 1 is 1.48 bits per heavy atom. The Morgan fingerprint density at radius 3 is 2.48 bits per heavy atom. The highest BCUT2D eigenvalue weighted by molar-refractivity contribution is 5.76. The van der Waals surface area contributed by atoms with Gasteiger partial charge in [0.2, 0.25) is 0 Å². The molecule has 110 valence electrons. The predicted octanol–water partition coefficient (Wildman–Crippen LogP) is 2.72. The molecule has 1 aliphatic carbocycles. The molecule has 1 atom stereocenters. The maximum absolute atomic E-state index is 11.2. The number of Topliss-reactive ketones (excluding diaryl/α,β-unsaturated/α-hetero) is 1. The van der Waals surface area contributed by atoms with E-state index in [1.165, 1.54) is 19.1 Å². The van der Waals surface area contributed by atoms with Crippen LogP contribution >= 0.6 is 0 Å². The van der Waals surface area contributed by atoms with E-state index in [1.54, 1.807) is 12.1 Å². The second-order valence-electron chi connectivity index (χ2n) is 5.27. The van der Waals surface area contributed by atoms with E-state index in [9.17, 15) is 20.2 Å². The summed E-state index contributed by atoms with van der Waals surface area (Å²) in [5, 5.41) is 20.3. The Morgan fingerprint density at radius 2 is 2.10 bits per heavy atom. The third kappa shape index (κ3) is 2.93. The van der Waals surface area contributed by atoms with Crippen LogP contribution in [0.1, 0.15) is 31.7 Å². The van der Waals surface area contributed by atoms with Crippen LogP contribution in [0.25, 0.3) is 0 Å². The summed E-state index contributed by atoms with van der Waals surface area (Å²) in [4.78, 5) is 21.4. The number of nitrogens with zero attached hydrogens (tertiary/aromatic N) is 2. The van der Waals surface area contributed by atoms with Gasteiger partial charge in [-0.3, -0.25) is 14.9 Å². The van der Waals surface area contributed by atoms with Crippen LogP contribution in [0.5, 0.6) is 0 Å². The summed E-state index contributed by atoms with van der Waals surface area (Å²) >= 11 is 0. The second kappa shape index (κ2) is 6.02. The number of nitriles is 1. The fourth-order valence-electron chi connectivity index (χ4n) is 2.49. The average molecular weight is 288 g/mol. The molecule has 0 aliphatic heterocycles. The Hall–Kier alpha value is -2.26. The maximum Gasteiger partial charge on any atom is 0.269 e. The Labute approximate surface area is 122 Å². The van der Waals surface area contributed by atoms with Crippen LogP contribution in [0, 0.1) is 27.4 Å². The predicted molar refractivity (Wildman–Crippen MR) is 74.4 cm³/mol. The Bertz CT molecular complexity index is 587. The van der Waals surface area contributed by atoms with Crippen molar-refractivity contribution in [3.8, 4) is 6.07 Å². The number of carbonyl (C=O) groups is 1. The molecule has 1 aromatic rings. The van der Waals surface area contributed by atoms with E-state index in [0.29, 0.717) is 5.56 Å². The van der Waals surface area contributed by atoms with Crippen molar-refractivity contribution in [3.63, 3.8) is 0 Å². The van der Waals surface area contributed by atoms with Gasteiger partial charge in [-0.2, -0.15) is 5.26 Å². The van der Waals surface area contributed by atoms with Crippen LogP contribution in [0.4, 0.5) is 5.69 Å². The van der Waals surface area contributed by atoms with Gasteiger partial charge in [-0.1, -0.05) is 6.42 Å². The molecule has 0 amide bonds. The van der Waals surface area contributed by atoms with Gasteiger partial charge in [-0.25, -0.2) is 0 Å². The van der Waals surface area contributed by atoms with Crippen molar-refractivity contribution in [2.24, 2.45) is 5.92 Å². The third-order valence-electron chi connectivity index (χ3n) is 3.86. The number of hydrogen-bond donors (Lipinski definition) is 0. The topological polar surface area (TPSA) is 93.2 Å². The molecule has 1 unspecified atom stereocenters. The molecule has 1 saturated carbocycles. The molecule has 1 fully saturated rings. The van der Waals surface area contributed by atoms with E-state index in [2.05, 4.69) is 6.07 Å². The van der Waals surface area contributed by atoms with Crippen LogP contribution in [0.15, 0.2) is 24.3 Å². The molecule has 1 aromatic carbocycles. The number of hydrogen-bond acceptors (Lipinski definition) is 5. The first-order valence-electron chi connectivity index (χ1n) is 6.79. The summed E-state index contributed by atoms with van der Waals surface area (Å²) in [6.07, 6.45) is 2.72. The third-order valence-corrected chi connectivity index (χ3v) is 3.86. The minimum atomic E-state index is -1.20. The highest BCUT2D eigenvalue weighted by atomic mass is 16.6. The summed E-state index contributed by atoms with van der Waals surface area (Å²) in [5.74, 6) is -0.140. The van der Waals surface area contributed by atoms with E-state index < -0.39 is 10.5 Å². The zero-order chi connectivity index (χ0) is 15.5. The first-order valence-corrected chi connectivity index (χ1v) is 6.79. The van der Waals surface area contributed by atoms with Crippen LogP contribution in [0.2, 0.25) is 0 Å². The number of nitro groups is 1. The lowest BCUT2D eigenvalue weighted by molar-refractivity contribution is -0.384. The molecule has 0 N–H and O–H groups in total. The quantitative estimate of drug-likeness (QED) is 0.592. The number of ketones is 1. The van der Waals surface area contributed by atoms with Gasteiger partial charge in [0, 0.05) is 18.1 Å². The van der Waals surface area contributed by atoms with Crippen LogP contribution < -0.4 is 0 Å². The summed E-state index contributed by atoms with van der Waals surface area (Å²) in [7, 11) is 0. The van der Waals surface area contributed by atoms with Crippen LogP contribution in [-0.2, 0) is 15.1 Å². The minimum absolute atomic E-state index is 0.0170. The monoisotopic (exact) mass is 288 g/mol. The Kier molecular flexibility index (Phi) is 4.34. The fourth-order valence-corrected chi connectivity index (χ4v) is 2.49. The molecule has 0 spiro atoms. The Balaban J connectivity index is 2.35. The number of ether oxygens (including phenoxy) is 1. The SMILES string of the molecule is CC(=O)COC(C#N)(c1ccc([N+](=O)[O-])cc1)C1CCC1. The lowest BCUT2D eigenvalue weighted by Gasteiger charge is -2.40. The van der Waals surface area contributed by atoms with Gasteiger partial charge in [0.15, 0.2) is 11.4 Å². The van der Waals surface area contributed by atoms with Crippen molar-refractivity contribution in [1.82, 2.24) is 0 Å². The first-order chi connectivity index (χ1) is 9.99. The van der Waals surface area contributed by atoms with Gasteiger partial charge in [-0.15, -0.1) is 0 Å². The fraction of sp³-hybridized carbons (Fsp3) is 0.467. The number of non-ortho nitro benzene ring substituents is 1. The molecule has 1 aliphatic rings. The summed E-state index contributed by atoms with van der Waals surface area (Å²) in [6, 6.07) is 7.99. The highest BCUT2D eigenvalue weighted by Crippen LogP contribution is 2.45. The molecule has 0 radical (unpaired) electrons. The van der Waals surface area contributed by atoms with Gasteiger partial charge < -0.3 is 4.74 Å². The number of carbonyl (C=O) groups excluding carboxylic acids is 1. The smallest absolute Gasteiger partial charge is 0.269 e. The zero-order valence-corrected chi connectivity index (χ0v) is 11.7. The molecule has 0 bridgehead atoms. The molecule has 0 saturated heterocycles. The molecule has 0 aromatic heterocycles. The lowest BCUT2D eigenvalue weighted by atomic mass is 9.70. The molecular weight excluding hydrogens is 272 g/mol. The summed E-state index contributed by atoms with van der Waals surface area (Å²) in [6.45, 7) is 1.26. The molecular formula is C15H16N2O4.